The zero-order chi connectivity index (χ0) is 23.1. The molecule has 2 aromatic rings. The van der Waals surface area contributed by atoms with Gasteiger partial charge < -0.3 is 15.2 Å². The number of hydrogen-bond acceptors (Lipinski definition) is 5. The lowest BCUT2D eigenvalue weighted by Gasteiger charge is -2.25. The van der Waals surface area contributed by atoms with Gasteiger partial charge in [-0.05, 0) is 35.3 Å². The predicted molar refractivity (Wildman–Crippen MR) is 126 cm³/mol. The molecule has 6 nitrogen and oxygen atoms in total. The fourth-order valence-corrected chi connectivity index (χ4v) is 4.26. The minimum absolute atomic E-state index is 0.125. The predicted octanol–water partition coefficient (Wildman–Crippen LogP) is 3.59. The normalized spacial score (nSPS) is 15.1. The van der Waals surface area contributed by atoms with E-state index in [0.717, 1.165) is 30.6 Å². The van der Waals surface area contributed by atoms with E-state index in [2.05, 4.69) is 16.3 Å². The van der Waals surface area contributed by atoms with E-state index < -0.39 is 17.9 Å². The minimum atomic E-state index is -0.883. The number of aliphatic hydroxyl groups excluding tert-OH is 1. The Morgan fingerprint density at radius 3 is 2.41 bits per heavy atom. The largest absolute Gasteiger partial charge is 0.467 e. The van der Waals surface area contributed by atoms with E-state index in [-0.39, 0.29) is 28.6 Å². The first kappa shape index (κ1) is 24.3. The zero-order valence-electron chi connectivity index (χ0n) is 17.8. The summed E-state index contributed by atoms with van der Waals surface area (Å²) in [5, 5.41) is 12.2. The van der Waals surface area contributed by atoms with Crippen LogP contribution in [0, 0.1) is 0 Å². The number of hydrogen-bond donors (Lipinski definition) is 2. The molecule has 1 heterocycles. The molecule has 0 radical (unpaired) electrons. The number of esters is 1. The van der Waals surface area contributed by atoms with Crippen molar-refractivity contribution < 1.29 is 19.4 Å². The Hall–Kier alpha value is -2.38. The molecule has 2 aromatic carbocycles. The molecule has 2 N–H and O–H groups in total. The van der Waals surface area contributed by atoms with Crippen LogP contribution in [0.15, 0.2) is 48.5 Å². The molecule has 1 aliphatic rings. The van der Waals surface area contributed by atoms with E-state index in [1.807, 2.05) is 24.3 Å². The van der Waals surface area contributed by atoms with Crippen molar-refractivity contribution in [3.05, 3.63) is 75.3 Å². The second-order valence-corrected chi connectivity index (χ2v) is 8.36. The number of ether oxygens (including phenoxy) is 1. The molecular formula is C24H26Cl2N2O4. The van der Waals surface area contributed by atoms with Crippen molar-refractivity contribution in [1.82, 2.24) is 10.2 Å². The third kappa shape index (κ3) is 6.11. The van der Waals surface area contributed by atoms with E-state index in [1.165, 1.54) is 12.7 Å². The van der Waals surface area contributed by atoms with Gasteiger partial charge in [-0.15, -0.1) is 0 Å². The van der Waals surface area contributed by atoms with Crippen molar-refractivity contribution in [3.8, 4) is 0 Å². The lowest BCUT2D eigenvalue weighted by Crippen LogP contribution is -2.43. The standard InChI is InChI=1S/C24H26Cl2N2O4/c1-32-24(31)21(27-23(30)22-19(25)3-2-4-20(22)26)15-16-5-7-17(8-6-16)18-9-11-28(12-10-18)13-14-29/h2-9,21,29H,10-15H2,1H3,(H,27,30)/t21-/m0/s1. The molecule has 1 aliphatic heterocycles. The first-order valence-corrected chi connectivity index (χ1v) is 11.1. The van der Waals surface area contributed by atoms with E-state index in [9.17, 15) is 9.59 Å². The van der Waals surface area contributed by atoms with Crippen molar-refractivity contribution in [1.29, 1.82) is 0 Å². The summed E-state index contributed by atoms with van der Waals surface area (Å²) >= 11 is 12.2. The molecular weight excluding hydrogens is 451 g/mol. The fourth-order valence-electron chi connectivity index (χ4n) is 3.69. The Bertz CT molecular complexity index is 972. The minimum Gasteiger partial charge on any atom is -0.467 e. The molecule has 0 saturated heterocycles. The topological polar surface area (TPSA) is 78.9 Å². The number of benzene rings is 2. The smallest absolute Gasteiger partial charge is 0.328 e. The second-order valence-electron chi connectivity index (χ2n) is 7.55. The number of aliphatic hydroxyl groups is 1. The third-order valence-electron chi connectivity index (χ3n) is 5.45. The van der Waals surface area contributed by atoms with Crippen molar-refractivity contribution in [2.24, 2.45) is 0 Å². The molecule has 0 aromatic heterocycles. The number of carbonyl (C=O) groups excluding carboxylic acids is 2. The number of nitrogens with zero attached hydrogens (tertiary/aromatic N) is 1. The van der Waals surface area contributed by atoms with Crippen molar-refractivity contribution in [2.75, 3.05) is 33.4 Å². The van der Waals surface area contributed by atoms with Crippen molar-refractivity contribution >= 4 is 40.7 Å². The average Bonchev–Trinajstić information content (AvgIpc) is 2.79. The molecule has 3 rings (SSSR count). The number of halogens is 2. The summed E-state index contributed by atoms with van der Waals surface area (Å²) in [7, 11) is 1.28. The van der Waals surface area contributed by atoms with Crippen LogP contribution < -0.4 is 5.32 Å². The molecule has 8 heteroatoms. The molecule has 32 heavy (non-hydrogen) atoms. The quantitative estimate of drug-likeness (QED) is 0.569. The molecule has 0 saturated carbocycles. The number of amides is 1. The number of nitrogens with one attached hydrogen (secondary N) is 1. The summed E-state index contributed by atoms with van der Waals surface area (Å²) in [4.78, 5) is 27.2. The molecule has 170 valence electrons. The Morgan fingerprint density at radius 1 is 1.16 bits per heavy atom. The van der Waals surface area contributed by atoms with Crippen LogP contribution in [0.4, 0.5) is 0 Å². The van der Waals surface area contributed by atoms with Gasteiger partial charge in [0.2, 0.25) is 0 Å². The van der Waals surface area contributed by atoms with Crippen LogP contribution in [0.1, 0.15) is 27.9 Å². The van der Waals surface area contributed by atoms with Gasteiger partial charge in [0, 0.05) is 26.1 Å². The number of carbonyl (C=O) groups is 2. The van der Waals surface area contributed by atoms with Gasteiger partial charge in [0.05, 0.1) is 29.3 Å². The maximum Gasteiger partial charge on any atom is 0.328 e. The molecule has 0 fully saturated rings. The molecule has 0 spiro atoms. The Morgan fingerprint density at radius 2 is 1.84 bits per heavy atom. The van der Waals surface area contributed by atoms with Crippen LogP contribution in [0.2, 0.25) is 10.0 Å². The summed E-state index contributed by atoms with van der Waals surface area (Å²) in [6.07, 6.45) is 3.36. The molecule has 1 amide bonds. The summed E-state index contributed by atoms with van der Waals surface area (Å²) in [6, 6.07) is 11.8. The Labute approximate surface area is 197 Å². The van der Waals surface area contributed by atoms with Gasteiger partial charge in [0.1, 0.15) is 6.04 Å². The SMILES string of the molecule is COC(=O)[C@H](Cc1ccc(C2=CCN(CCO)CC2)cc1)NC(=O)c1c(Cl)cccc1Cl. The summed E-state index contributed by atoms with van der Waals surface area (Å²) in [5.41, 5.74) is 3.39. The van der Waals surface area contributed by atoms with Gasteiger partial charge in [-0.1, -0.05) is 59.6 Å². The van der Waals surface area contributed by atoms with Crippen LogP contribution in [0.5, 0.6) is 0 Å². The first-order valence-electron chi connectivity index (χ1n) is 10.4. The summed E-state index contributed by atoms with van der Waals surface area (Å²) < 4.78 is 4.88. The molecule has 0 aliphatic carbocycles. The van der Waals surface area contributed by atoms with Crippen LogP contribution in [0.3, 0.4) is 0 Å². The maximum absolute atomic E-state index is 12.7. The number of rotatable bonds is 8. The van der Waals surface area contributed by atoms with E-state index in [0.29, 0.717) is 6.54 Å². The number of β-amino-alcohol motifs (C(OH)–C–C–N with tert-alkyl or cyclic N) is 1. The van der Waals surface area contributed by atoms with E-state index in [1.54, 1.807) is 18.2 Å². The van der Waals surface area contributed by atoms with Crippen LogP contribution >= 0.6 is 23.2 Å². The highest BCUT2D eigenvalue weighted by Gasteiger charge is 2.25. The summed E-state index contributed by atoms with van der Waals surface area (Å²) in [5.74, 6) is -1.09. The van der Waals surface area contributed by atoms with Crippen LogP contribution in [-0.4, -0.2) is 61.3 Å². The van der Waals surface area contributed by atoms with Gasteiger partial charge >= 0.3 is 5.97 Å². The van der Waals surface area contributed by atoms with Gasteiger partial charge in [-0.25, -0.2) is 4.79 Å². The van der Waals surface area contributed by atoms with Gasteiger partial charge in [0.25, 0.3) is 5.91 Å². The average molecular weight is 477 g/mol. The summed E-state index contributed by atoms with van der Waals surface area (Å²) in [6.45, 7) is 2.58. The monoisotopic (exact) mass is 476 g/mol. The Kier molecular flexibility index (Phi) is 8.70. The maximum atomic E-state index is 12.7. The second kappa shape index (κ2) is 11.5. The lowest BCUT2D eigenvalue weighted by atomic mass is 9.96. The molecule has 0 unspecified atom stereocenters. The van der Waals surface area contributed by atoms with Crippen LogP contribution in [-0.2, 0) is 16.0 Å². The van der Waals surface area contributed by atoms with Crippen LogP contribution in [0.25, 0.3) is 5.57 Å². The highest BCUT2D eigenvalue weighted by molar-refractivity contribution is 6.39. The van der Waals surface area contributed by atoms with E-state index in [4.69, 9.17) is 33.0 Å². The fraction of sp³-hybridized carbons (Fsp3) is 0.333. The van der Waals surface area contributed by atoms with Crippen molar-refractivity contribution in [3.63, 3.8) is 0 Å². The molecule has 1 atom stereocenters. The number of methoxy groups -OCH3 is 1. The zero-order valence-corrected chi connectivity index (χ0v) is 19.3. The third-order valence-corrected chi connectivity index (χ3v) is 6.08. The van der Waals surface area contributed by atoms with Crippen molar-refractivity contribution in [2.45, 2.75) is 18.9 Å². The first-order chi connectivity index (χ1) is 15.4. The Balaban J connectivity index is 1.70. The highest BCUT2D eigenvalue weighted by Crippen LogP contribution is 2.25. The lowest BCUT2D eigenvalue weighted by molar-refractivity contribution is -0.142. The highest BCUT2D eigenvalue weighted by atomic mass is 35.5. The molecule has 0 bridgehead atoms. The van der Waals surface area contributed by atoms with Gasteiger partial charge in [-0.3, -0.25) is 9.69 Å². The van der Waals surface area contributed by atoms with Gasteiger partial charge in [-0.2, -0.15) is 0 Å². The van der Waals surface area contributed by atoms with E-state index >= 15 is 0 Å². The van der Waals surface area contributed by atoms with Gasteiger partial charge in [0.15, 0.2) is 0 Å².